The minimum Gasteiger partial charge on any atom is -0.349 e. The molecule has 5 atom stereocenters. The van der Waals surface area contributed by atoms with Gasteiger partial charge in [0.2, 0.25) is 23.6 Å². The number of hydrogen-bond donors (Lipinski definition) is 5. The van der Waals surface area contributed by atoms with Crippen LogP contribution < -0.4 is 26.6 Å². The highest BCUT2D eigenvalue weighted by atomic mass is 32.2. The highest BCUT2D eigenvalue weighted by molar-refractivity contribution is 7.98. The van der Waals surface area contributed by atoms with Gasteiger partial charge in [-0.1, -0.05) is 51.1 Å². The lowest BCUT2D eigenvalue weighted by Gasteiger charge is -2.31. The third kappa shape index (κ3) is 11.4. The lowest BCUT2D eigenvalue weighted by Crippen LogP contribution is -2.58. The summed E-state index contributed by atoms with van der Waals surface area (Å²) in [5, 5.41) is 16.3. The molecule has 2 bridgehead atoms. The third-order valence-electron chi connectivity index (χ3n) is 8.93. The van der Waals surface area contributed by atoms with Crippen LogP contribution >= 0.6 is 23.1 Å². The molecule has 5 N–H and O–H groups in total. The molecule has 3 heterocycles. The molecule has 0 radical (unpaired) electrons. The van der Waals surface area contributed by atoms with E-state index in [0.29, 0.717) is 29.3 Å². The third-order valence-corrected chi connectivity index (χ3v) is 10.5. The molecule has 0 aliphatic carbocycles. The van der Waals surface area contributed by atoms with Crippen molar-refractivity contribution in [2.75, 3.05) is 25.1 Å². The zero-order valence-electron chi connectivity index (χ0n) is 31.0. The van der Waals surface area contributed by atoms with Crippen molar-refractivity contribution in [2.45, 2.75) is 77.2 Å². The highest BCUT2D eigenvalue weighted by Crippen LogP contribution is 2.25. The Balaban J connectivity index is 1.76. The largest absolute Gasteiger partial charge is 0.349 e. The molecule has 1 aromatic carbocycles. The molecule has 4 rings (SSSR count). The predicted molar refractivity (Wildman–Crippen MR) is 205 cm³/mol. The monoisotopic (exact) mass is 766 g/mol. The molecule has 1 aliphatic heterocycles. The van der Waals surface area contributed by atoms with E-state index in [1.165, 1.54) is 34.9 Å². The maximum Gasteiger partial charge on any atom is 0.271 e. The molecule has 0 fully saturated rings. The van der Waals surface area contributed by atoms with Gasteiger partial charge in [0.25, 0.3) is 11.8 Å². The zero-order valence-corrected chi connectivity index (χ0v) is 32.6. The number of hydrogen-bond acceptors (Lipinski definition) is 9. The lowest BCUT2D eigenvalue weighted by atomic mass is 10.0. The zero-order chi connectivity index (χ0) is 38.7. The summed E-state index contributed by atoms with van der Waals surface area (Å²) in [5.41, 5.74) is 1.33. The van der Waals surface area contributed by atoms with Gasteiger partial charge >= 0.3 is 0 Å². The molecule has 0 saturated carbocycles. The summed E-state index contributed by atoms with van der Waals surface area (Å²) in [6, 6.07) is 8.69. The topological polar surface area (TPSA) is 184 Å². The maximum atomic E-state index is 14.1. The average molecular weight is 767 g/mol. The Hall–Kier alpha value is -4.70. The van der Waals surface area contributed by atoms with Gasteiger partial charge in [-0.2, -0.15) is 11.8 Å². The van der Waals surface area contributed by atoms with Crippen molar-refractivity contribution in [1.29, 1.82) is 0 Å². The van der Waals surface area contributed by atoms with Crippen LogP contribution in [-0.2, 0) is 32.6 Å². The summed E-state index contributed by atoms with van der Waals surface area (Å²) >= 11 is 2.71. The number of nitrogens with zero attached hydrogens (tertiary/aromatic N) is 3. The molecule has 0 saturated heterocycles. The van der Waals surface area contributed by atoms with Gasteiger partial charge in [-0.3, -0.25) is 28.8 Å². The number of carbonyl (C=O) groups is 6. The molecule has 6 amide bonds. The Morgan fingerprint density at radius 2 is 1.64 bits per heavy atom. The van der Waals surface area contributed by atoms with Gasteiger partial charge in [0, 0.05) is 25.2 Å². The summed E-state index contributed by atoms with van der Waals surface area (Å²) in [7, 11) is 1.74. The van der Waals surface area contributed by atoms with Crippen LogP contribution in [0, 0.1) is 5.92 Å². The van der Waals surface area contributed by atoms with Crippen LogP contribution in [0.5, 0.6) is 0 Å². The normalized spacial score (nSPS) is 22.6. The first kappa shape index (κ1) is 41.1. The number of fused-ring (bicyclic) bond motifs is 2. The second kappa shape index (κ2) is 19.4. The van der Waals surface area contributed by atoms with Crippen LogP contribution in [0.2, 0.25) is 0 Å². The molecular formula is C37H50N8O6S2. The van der Waals surface area contributed by atoms with E-state index in [1.807, 2.05) is 50.4 Å². The van der Waals surface area contributed by atoms with Gasteiger partial charge in [-0.15, -0.1) is 11.3 Å². The number of thiazole rings is 1. The molecule has 53 heavy (non-hydrogen) atoms. The Morgan fingerprint density at radius 1 is 0.943 bits per heavy atom. The van der Waals surface area contributed by atoms with Crippen molar-refractivity contribution in [3.05, 3.63) is 76.0 Å². The fourth-order valence-corrected chi connectivity index (χ4v) is 7.39. The minimum absolute atomic E-state index is 0.0271. The van der Waals surface area contributed by atoms with E-state index in [9.17, 15) is 28.8 Å². The molecule has 16 heteroatoms. The summed E-state index contributed by atoms with van der Waals surface area (Å²) in [6.07, 6.45) is 4.49. The van der Waals surface area contributed by atoms with E-state index in [2.05, 4.69) is 31.6 Å². The summed E-state index contributed by atoms with van der Waals surface area (Å²) in [5.74, 6) is -2.62. The molecule has 2 aromatic heterocycles. The molecule has 14 nitrogen and oxygen atoms in total. The second-order valence-electron chi connectivity index (χ2n) is 13.5. The van der Waals surface area contributed by atoms with Crippen LogP contribution in [0.4, 0.5) is 0 Å². The summed E-state index contributed by atoms with van der Waals surface area (Å²) in [6.45, 7) is 6.69. The number of rotatable bonds is 8. The van der Waals surface area contributed by atoms with Crippen LogP contribution in [0.1, 0.15) is 78.1 Å². The number of thioether (sulfide) groups is 1. The van der Waals surface area contributed by atoms with Crippen LogP contribution in [0.3, 0.4) is 0 Å². The number of benzene rings is 1. The second-order valence-corrected chi connectivity index (χ2v) is 15.3. The maximum absolute atomic E-state index is 14.1. The molecule has 286 valence electrons. The number of amides is 6. The molecule has 3 aromatic rings. The Morgan fingerprint density at radius 3 is 2.28 bits per heavy atom. The quantitative estimate of drug-likeness (QED) is 0.232. The predicted octanol–water partition coefficient (Wildman–Crippen LogP) is 2.43. The lowest BCUT2D eigenvalue weighted by molar-refractivity contribution is -0.132. The van der Waals surface area contributed by atoms with Crippen LogP contribution in [0.25, 0.3) is 0 Å². The van der Waals surface area contributed by atoms with E-state index in [4.69, 9.17) is 0 Å². The Bertz CT molecular complexity index is 1740. The molecular weight excluding hydrogens is 717 g/mol. The first-order chi connectivity index (χ1) is 25.3. The molecule has 0 spiro atoms. The fraction of sp³-hybridized carbons (Fsp3) is 0.486. The van der Waals surface area contributed by atoms with Crippen molar-refractivity contribution in [3.63, 3.8) is 0 Å². The van der Waals surface area contributed by atoms with E-state index in [0.717, 1.165) is 5.56 Å². The summed E-state index contributed by atoms with van der Waals surface area (Å²) < 4.78 is 1.67. The first-order valence-corrected chi connectivity index (χ1v) is 20.0. The van der Waals surface area contributed by atoms with Gasteiger partial charge < -0.3 is 36.1 Å². The number of carbonyl (C=O) groups excluding carboxylic acids is 6. The highest BCUT2D eigenvalue weighted by Gasteiger charge is 2.32. The standard InChI is InChI=1S/C37H50N8O6S2/c1-7-26-33(48)41-27(15-17-52-6)34(49)39-25(18-24-12-9-8-10-13-24)19-45(37(51)29-14-11-16-44(29)5)20-30(46)43-31(22(2)3)36-42-28(21-53-36)35(50)38-23(4)32(47)40-26/h8-14,16,21-23,25-27,31H,7,15,17-20H2,1-6H3,(H,38,50)(H,39,49)(H,40,47)(H,41,48)(H,43,46)/t23-,25+,26+,27+,31+/m1/s1. The van der Waals surface area contributed by atoms with Crippen molar-refractivity contribution < 1.29 is 28.8 Å². The molecule has 0 unspecified atom stereocenters. The van der Waals surface area contributed by atoms with Crippen LogP contribution in [-0.4, -0.2) is 99.2 Å². The smallest absolute Gasteiger partial charge is 0.271 e. The van der Waals surface area contributed by atoms with Gasteiger partial charge in [0.1, 0.15) is 34.5 Å². The van der Waals surface area contributed by atoms with Gasteiger partial charge in [0.15, 0.2) is 0 Å². The minimum atomic E-state index is -1.01. The van der Waals surface area contributed by atoms with E-state index >= 15 is 0 Å². The molecule has 1 aliphatic rings. The Labute approximate surface area is 318 Å². The van der Waals surface area contributed by atoms with Gasteiger partial charge in [0.05, 0.1) is 18.6 Å². The Kier molecular flexibility index (Phi) is 15.0. The average Bonchev–Trinajstić information content (AvgIpc) is 3.79. The van der Waals surface area contributed by atoms with Crippen LogP contribution in [0.15, 0.2) is 54.0 Å². The van der Waals surface area contributed by atoms with E-state index in [-0.39, 0.29) is 31.1 Å². The van der Waals surface area contributed by atoms with E-state index < -0.39 is 65.7 Å². The summed E-state index contributed by atoms with van der Waals surface area (Å²) in [4.78, 5) is 87.8. The van der Waals surface area contributed by atoms with E-state index in [1.54, 1.807) is 42.2 Å². The number of nitrogens with one attached hydrogen (secondary N) is 5. The van der Waals surface area contributed by atoms with Crippen molar-refractivity contribution in [1.82, 2.24) is 41.0 Å². The first-order valence-electron chi connectivity index (χ1n) is 17.7. The van der Waals surface area contributed by atoms with Crippen molar-refractivity contribution >= 4 is 58.5 Å². The van der Waals surface area contributed by atoms with Gasteiger partial charge in [-0.25, -0.2) is 4.98 Å². The van der Waals surface area contributed by atoms with Gasteiger partial charge in [-0.05, 0) is 61.8 Å². The van der Waals surface area contributed by atoms with Crippen molar-refractivity contribution in [3.8, 4) is 0 Å². The SMILES string of the molecule is CC[C@@H]1NC(=O)[C@@H](C)NC(=O)c2csc(n2)[C@H](C(C)C)NC(=O)CN(C(=O)c2cccn2C)C[C@H](Cc2ccccc2)NC(=O)[C@H](CCSC)NC1=O. The van der Waals surface area contributed by atoms with Crippen molar-refractivity contribution in [2.24, 2.45) is 13.0 Å². The number of aryl methyl sites for hydroxylation is 1. The number of aromatic nitrogens is 2. The fourth-order valence-electron chi connectivity index (χ4n) is 5.90.